The second-order valence-corrected chi connectivity index (χ2v) is 7.16. The topological polar surface area (TPSA) is 53.0 Å². The number of nitrogens with zero attached hydrogens (tertiary/aromatic N) is 1. The Kier molecular flexibility index (Phi) is 3.86. The number of thiophene rings is 1. The fourth-order valence-electron chi connectivity index (χ4n) is 1.62. The highest BCUT2D eigenvalue weighted by Gasteiger charge is 2.08. The van der Waals surface area contributed by atoms with Crippen LogP contribution in [0.15, 0.2) is 51.0 Å². The van der Waals surface area contributed by atoms with E-state index in [1.807, 2.05) is 41.8 Å². The fourth-order valence-corrected chi connectivity index (χ4v) is 4.36. The number of hydrogen-bond acceptors (Lipinski definition) is 6. The van der Waals surface area contributed by atoms with Gasteiger partial charge in [-0.25, -0.2) is 4.98 Å². The summed E-state index contributed by atoms with van der Waals surface area (Å²) >= 11 is 4.10. The number of rotatable bonds is 4. The smallest absolute Gasteiger partial charge is 0.155 e. The Morgan fingerprint density at radius 3 is 2.80 bits per heavy atom. The zero-order valence-corrected chi connectivity index (χ0v) is 12.6. The maximum Gasteiger partial charge on any atom is 0.155 e. The van der Waals surface area contributed by atoms with Gasteiger partial charge in [-0.3, -0.25) is 0 Å². The van der Waals surface area contributed by atoms with Crippen LogP contribution in [0.1, 0.15) is 4.88 Å². The number of benzene rings is 1. The summed E-state index contributed by atoms with van der Waals surface area (Å²) in [6.45, 7) is 0. The van der Waals surface area contributed by atoms with Crippen LogP contribution in [0.2, 0.25) is 0 Å². The highest BCUT2D eigenvalue weighted by atomic mass is 32.2. The molecule has 3 rings (SSSR count). The summed E-state index contributed by atoms with van der Waals surface area (Å²) in [4.78, 5) is 16.7. The summed E-state index contributed by atoms with van der Waals surface area (Å²) in [5.74, 6) is -1.18. The van der Waals surface area contributed by atoms with Crippen LogP contribution in [0.5, 0.6) is 0 Å². The third-order valence-corrected chi connectivity index (χ3v) is 5.41. The number of para-hydroxylation sites is 1. The van der Waals surface area contributed by atoms with Gasteiger partial charge in [0.2, 0.25) is 0 Å². The maximum absolute atomic E-state index is 11.2. The number of aromatic nitrogens is 1. The fraction of sp³-hybridized carbons (Fsp3) is 0. The summed E-state index contributed by atoms with van der Waals surface area (Å²) in [5, 5.41) is 13.1. The van der Waals surface area contributed by atoms with E-state index in [9.17, 15) is 9.90 Å². The molecule has 0 unspecified atom stereocenters. The van der Waals surface area contributed by atoms with E-state index in [0.717, 1.165) is 26.9 Å². The minimum Gasteiger partial charge on any atom is -0.544 e. The molecule has 0 aliphatic heterocycles. The van der Waals surface area contributed by atoms with Crippen molar-refractivity contribution in [1.82, 2.24) is 4.98 Å². The lowest BCUT2D eigenvalue weighted by Crippen LogP contribution is -2.22. The number of carbonyl (C=O) groups excluding carboxylic acids is 1. The molecule has 0 spiro atoms. The van der Waals surface area contributed by atoms with Gasteiger partial charge < -0.3 is 9.90 Å². The van der Waals surface area contributed by atoms with Gasteiger partial charge in [-0.1, -0.05) is 30.0 Å². The van der Waals surface area contributed by atoms with Crippen molar-refractivity contribution in [1.29, 1.82) is 0 Å². The van der Waals surface area contributed by atoms with Gasteiger partial charge in [0.25, 0.3) is 0 Å². The van der Waals surface area contributed by atoms with Gasteiger partial charge in [0.1, 0.15) is 0 Å². The van der Waals surface area contributed by atoms with E-state index in [0.29, 0.717) is 4.34 Å². The molecule has 0 saturated heterocycles. The first kappa shape index (κ1) is 13.4. The van der Waals surface area contributed by atoms with Gasteiger partial charge >= 0.3 is 0 Å². The number of hydrogen-bond donors (Lipinski definition) is 0. The molecular formula is C14H8NO2S3-. The Hall–Kier alpha value is -1.63. The van der Waals surface area contributed by atoms with Gasteiger partial charge in [-0.2, -0.15) is 0 Å². The molecule has 6 heteroatoms. The van der Waals surface area contributed by atoms with Gasteiger partial charge in [0, 0.05) is 9.78 Å². The summed E-state index contributed by atoms with van der Waals surface area (Å²) in [7, 11) is 0. The molecule has 0 aliphatic rings. The number of thiazole rings is 1. The molecule has 100 valence electrons. The van der Waals surface area contributed by atoms with E-state index in [1.54, 1.807) is 6.08 Å². The number of carboxylic acid groups (broad SMARTS) is 1. The minimum absolute atomic E-state index is 0.173. The molecule has 1 aromatic carbocycles. The lowest BCUT2D eigenvalue weighted by Gasteiger charge is -2.04. The van der Waals surface area contributed by atoms with Gasteiger partial charge in [0.15, 0.2) is 4.34 Å². The largest absolute Gasteiger partial charge is 0.544 e. The van der Waals surface area contributed by atoms with Crippen molar-refractivity contribution in [3.63, 3.8) is 0 Å². The first-order valence-corrected chi connectivity index (χ1v) is 8.23. The second-order valence-electron chi connectivity index (χ2n) is 3.86. The quantitative estimate of drug-likeness (QED) is 0.547. The molecule has 0 bridgehead atoms. The number of aliphatic carboxylic acids is 1. The van der Waals surface area contributed by atoms with Crippen molar-refractivity contribution in [3.05, 3.63) is 51.6 Å². The Morgan fingerprint density at radius 1 is 1.25 bits per heavy atom. The lowest BCUT2D eigenvalue weighted by molar-refractivity contribution is -0.297. The number of carboxylic acids is 1. The van der Waals surface area contributed by atoms with Crippen LogP contribution >= 0.6 is 34.4 Å². The lowest BCUT2D eigenvalue weighted by atomic mass is 10.3. The third-order valence-electron chi connectivity index (χ3n) is 2.49. The van der Waals surface area contributed by atoms with Gasteiger partial charge in [-0.15, -0.1) is 22.7 Å². The average molecular weight is 318 g/mol. The standard InChI is InChI=1S/C14H9NO2S3/c16-13(17)12(8-9-4-3-7-18-9)20-14-15-10-5-1-2-6-11(10)19-14/h1-8H,(H,16,17)/p-1/b12-8+. The van der Waals surface area contributed by atoms with E-state index in [4.69, 9.17) is 0 Å². The zero-order valence-electron chi connectivity index (χ0n) is 10.1. The van der Waals surface area contributed by atoms with Crippen LogP contribution in [0.4, 0.5) is 0 Å². The minimum atomic E-state index is -1.18. The van der Waals surface area contributed by atoms with Crippen LogP contribution < -0.4 is 5.11 Å². The van der Waals surface area contributed by atoms with Crippen molar-refractivity contribution in [2.45, 2.75) is 4.34 Å². The second kappa shape index (κ2) is 5.78. The number of carbonyl (C=O) groups is 1. The predicted molar refractivity (Wildman–Crippen MR) is 82.8 cm³/mol. The highest BCUT2D eigenvalue weighted by molar-refractivity contribution is 8.05. The molecular weight excluding hydrogens is 310 g/mol. The molecule has 2 heterocycles. The monoisotopic (exact) mass is 318 g/mol. The first-order chi connectivity index (χ1) is 9.72. The van der Waals surface area contributed by atoms with Crippen molar-refractivity contribution in [3.8, 4) is 0 Å². The van der Waals surface area contributed by atoms with Crippen molar-refractivity contribution in [2.24, 2.45) is 0 Å². The summed E-state index contributed by atoms with van der Waals surface area (Å²) < 4.78 is 1.75. The maximum atomic E-state index is 11.2. The summed E-state index contributed by atoms with van der Waals surface area (Å²) in [5.41, 5.74) is 0.883. The molecule has 0 radical (unpaired) electrons. The number of thioether (sulfide) groups is 1. The van der Waals surface area contributed by atoms with E-state index >= 15 is 0 Å². The summed E-state index contributed by atoms with van der Waals surface area (Å²) in [6, 6.07) is 11.5. The van der Waals surface area contributed by atoms with E-state index in [1.165, 1.54) is 22.7 Å². The molecule has 2 aromatic heterocycles. The highest BCUT2D eigenvalue weighted by Crippen LogP contribution is 2.34. The van der Waals surface area contributed by atoms with Crippen molar-refractivity contribution >= 4 is 56.7 Å². The molecule has 3 nitrogen and oxygen atoms in total. The first-order valence-electron chi connectivity index (χ1n) is 5.72. The Morgan fingerprint density at radius 2 is 2.10 bits per heavy atom. The van der Waals surface area contributed by atoms with Crippen LogP contribution in [0.3, 0.4) is 0 Å². The Labute approximate surface area is 127 Å². The van der Waals surface area contributed by atoms with E-state index in [2.05, 4.69) is 4.98 Å². The van der Waals surface area contributed by atoms with Crippen LogP contribution in [-0.4, -0.2) is 11.0 Å². The molecule has 3 aromatic rings. The van der Waals surface area contributed by atoms with Crippen LogP contribution in [-0.2, 0) is 4.79 Å². The molecule has 0 fully saturated rings. The zero-order chi connectivity index (χ0) is 13.9. The molecule has 0 amide bonds. The van der Waals surface area contributed by atoms with Crippen molar-refractivity contribution < 1.29 is 9.90 Å². The third kappa shape index (κ3) is 2.92. The Balaban J connectivity index is 1.92. The molecule has 0 aliphatic carbocycles. The van der Waals surface area contributed by atoms with Gasteiger partial charge in [-0.05, 0) is 29.7 Å². The normalized spacial score (nSPS) is 11.9. The Bertz CT molecular complexity index is 742. The van der Waals surface area contributed by atoms with Crippen LogP contribution in [0, 0.1) is 0 Å². The molecule has 20 heavy (non-hydrogen) atoms. The predicted octanol–water partition coefficient (Wildman–Crippen LogP) is 3.24. The van der Waals surface area contributed by atoms with E-state index in [-0.39, 0.29) is 4.91 Å². The average Bonchev–Trinajstić information content (AvgIpc) is 3.05. The summed E-state index contributed by atoms with van der Waals surface area (Å²) in [6.07, 6.45) is 1.62. The molecule has 0 N–H and O–H groups in total. The molecule has 0 saturated carbocycles. The number of fused-ring (bicyclic) bond motifs is 1. The van der Waals surface area contributed by atoms with Crippen molar-refractivity contribution in [2.75, 3.05) is 0 Å². The SMILES string of the molecule is O=C([O-])/C(=C\c1cccs1)Sc1nc2ccccc2s1. The van der Waals surface area contributed by atoms with Gasteiger partial charge in [0.05, 0.1) is 16.2 Å². The van der Waals surface area contributed by atoms with Crippen LogP contribution in [0.25, 0.3) is 16.3 Å². The molecule has 0 atom stereocenters. The van der Waals surface area contributed by atoms with E-state index < -0.39 is 5.97 Å².